The first-order valence-electron chi connectivity index (χ1n) is 10.7. The third kappa shape index (κ3) is 5.37. The normalized spacial score (nSPS) is 18.8. The Morgan fingerprint density at radius 3 is 2.61 bits per heavy atom. The van der Waals surface area contributed by atoms with Gasteiger partial charge in [-0.2, -0.15) is 10.2 Å². The van der Waals surface area contributed by atoms with Gasteiger partial charge in [0.05, 0.1) is 29.6 Å². The number of hydrogen-bond donors (Lipinski definition) is 2. The van der Waals surface area contributed by atoms with E-state index in [2.05, 4.69) is 10.2 Å². The standard InChI is InChI=1S/C20H24BF2N5O5/c22-20(23)19-18(28(31)32)11-27(25-19)16-4-1-13(2-5-16)12-33-8-7-26-10-14-9-15(21(29)30)3-6-17(14)24-26/h3,6,9-11,13,16,20,29-30H,1-2,4-5,7-8,12H2. The predicted octanol–water partition coefficient (Wildman–Crippen LogP) is 2.21. The highest BCUT2D eigenvalue weighted by Gasteiger charge is 2.30. The van der Waals surface area contributed by atoms with Gasteiger partial charge in [-0.3, -0.25) is 19.5 Å². The third-order valence-electron chi connectivity index (χ3n) is 6.03. The van der Waals surface area contributed by atoms with Crippen LogP contribution in [0.3, 0.4) is 0 Å². The molecule has 4 rings (SSSR count). The lowest BCUT2D eigenvalue weighted by molar-refractivity contribution is -0.386. The molecule has 0 bridgehead atoms. The average Bonchev–Trinajstić information content (AvgIpc) is 3.41. The SMILES string of the molecule is O=[N+]([O-])c1cn(C2CCC(COCCn3cc4cc(B(O)O)ccc4n3)CC2)nc1C(F)F. The topological polar surface area (TPSA) is 128 Å². The second-order valence-corrected chi connectivity index (χ2v) is 8.27. The van der Waals surface area contributed by atoms with Gasteiger partial charge in [0.2, 0.25) is 5.69 Å². The van der Waals surface area contributed by atoms with Crippen molar-refractivity contribution in [2.24, 2.45) is 5.92 Å². The Morgan fingerprint density at radius 2 is 1.97 bits per heavy atom. The molecule has 2 N–H and O–H groups in total. The second-order valence-electron chi connectivity index (χ2n) is 8.27. The van der Waals surface area contributed by atoms with Crippen LogP contribution in [-0.2, 0) is 11.3 Å². The van der Waals surface area contributed by atoms with Gasteiger partial charge in [-0.05, 0) is 43.1 Å². The highest BCUT2D eigenvalue weighted by molar-refractivity contribution is 6.58. The summed E-state index contributed by atoms with van der Waals surface area (Å²) in [5.41, 5.74) is -0.248. The number of hydrogen-bond acceptors (Lipinski definition) is 7. The molecule has 0 aliphatic heterocycles. The minimum absolute atomic E-state index is 0.133. The number of nitrogens with zero attached hydrogens (tertiary/aromatic N) is 5. The number of halogens is 2. The maximum atomic E-state index is 13.0. The number of alkyl halides is 2. The first-order valence-corrected chi connectivity index (χ1v) is 10.7. The molecule has 1 saturated carbocycles. The number of aromatic nitrogens is 4. The summed E-state index contributed by atoms with van der Waals surface area (Å²) in [5.74, 6) is 0.326. The maximum Gasteiger partial charge on any atom is 0.488 e. The summed E-state index contributed by atoms with van der Waals surface area (Å²) >= 11 is 0. The van der Waals surface area contributed by atoms with Crippen LogP contribution in [0.2, 0.25) is 0 Å². The molecular formula is C20H24BF2N5O5. The molecule has 1 aliphatic rings. The molecular weight excluding hydrogens is 439 g/mol. The van der Waals surface area contributed by atoms with E-state index >= 15 is 0 Å². The molecule has 1 aliphatic carbocycles. The molecule has 0 radical (unpaired) electrons. The minimum atomic E-state index is -2.98. The van der Waals surface area contributed by atoms with Crippen LogP contribution in [0.4, 0.5) is 14.5 Å². The van der Waals surface area contributed by atoms with Gasteiger partial charge in [-0.15, -0.1) is 0 Å². The number of rotatable bonds is 9. The van der Waals surface area contributed by atoms with Crippen LogP contribution in [-0.4, -0.2) is 54.9 Å². The lowest BCUT2D eigenvalue weighted by atomic mass is 9.80. The van der Waals surface area contributed by atoms with E-state index in [0.29, 0.717) is 44.0 Å². The van der Waals surface area contributed by atoms with Crippen molar-refractivity contribution in [1.82, 2.24) is 19.6 Å². The van der Waals surface area contributed by atoms with Crippen LogP contribution in [0, 0.1) is 16.0 Å². The van der Waals surface area contributed by atoms with E-state index in [1.807, 2.05) is 6.20 Å². The van der Waals surface area contributed by atoms with Gasteiger partial charge in [-0.25, -0.2) is 8.78 Å². The van der Waals surface area contributed by atoms with Crippen molar-refractivity contribution in [2.75, 3.05) is 13.2 Å². The molecule has 0 amide bonds. The maximum absolute atomic E-state index is 13.0. The van der Waals surface area contributed by atoms with Crippen molar-refractivity contribution in [3.63, 3.8) is 0 Å². The van der Waals surface area contributed by atoms with Crippen LogP contribution >= 0.6 is 0 Å². The minimum Gasteiger partial charge on any atom is -0.423 e. The van der Waals surface area contributed by atoms with Crippen LogP contribution in [0.15, 0.2) is 30.6 Å². The van der Waals surface area contributed by atoms with Crippen molar-refractivity contribution in [3.05, 3.63) is 46.4 Å². The summed E-state index contributed by atoms with van der Waals surface area (Å²) in [6.45, 7) is 1.58. The molecule has 2 aromatic heterocycles. The molecule has 176 valence electrons. The third-order valence-corrected chi connectivity index (χ3v) is 6.03. The highest BCUT2D eigenvalue weighted by Crippen LogP contribution is 2.35. The largest absolute Gasteiger partial charge is 0.488 e. The van der Waals surface area contributed by atoms with Gasteiger partial charge >= 0.3 is 12.8 Å². The summed E-state index contributed by atoms with van der Waals surface area (Å²) < 4.78 is 34.9. The quantitative estimate of drug-likeness (QED) is 0.216. The highest BCUT2D eigenvalue weighted by atomic mass is 19.3. The van der Waals surface area contributed by atoms with Gasteiger partial charge in [0.15, 0.2) is 0 Å². The Kier molecular flexibility index (Phi) is 7.01. The fourth-order valence-corrected chi connectivity index (χ4v) is 4.23. The molecule has 2 heterocycles. The molecule has 0 unspecified atom stereocenters. The van der Waals surface area contributed by atoms with Crippen LogP contribution in [0.1, 0.15) is 43.8 Å². The van der Waals surface area contributed by atoms with Crippen molar-refractivity contribution < 1.29 is 28.5 Å². The first kappa shape index (κ1) is 23.3. The molecule has 0 saturated heterocycles. The molecule has 10 nitrogen and oxygen atoms in total. The summed E-state index contributed by atoms with van der Waals surface area (Å²) in [4.78, 5) is 10.2. The molecule has 1 aromatic carbocycles. The van der Waals surface area contributed by atoms with Crippen molar-refractivity contribution in [1.29, 1.82) is 0 Å². The zero-order chi connectivity index (χ0) is 23.5. The zero-order valence-corrected chi connectivity index (χ0v) is 17.8. The number of benzene rings is 1. The van der Waals surface area contributed by atoms with Crippen molar-refractivity contribution in [2.45, 2.75) is 44.7 Å². The van der Waals surface area contributed by atoms with E-state index in [1.165, 1.54) is 4.68 Å². The predicted molar refractivity (Wildman–Crippen MR) is 115 cm³/mol. The fourth-order valence-electron chi connectivity index (χ4n) is 4.23. The Labute approximate surface area is 188 Å². The summed E-state index contributed by atoms with van der Waals surface area (Å²) in [7, 11) is -1.52. The Hall–Kier alpha value is -2.90. The molecule has 0 spiro atoms. The summed E-state index contributed by atoms with van der Waals surface area (Å²) in [6.07, 6.45) is 2.99. The zero-order valence-electron chi connectivity index (χ0n) is 17.8. The van der Waals surface area contributed by atoms with E-state index in [1.54, 1.807) is 22.9 Å². The molecule has 3 aromatic rings. The van der Waals surface area contributed by atoms with Crippen LogP contribution < -0.4 is 5.46 Å². The second kappa shape index (κ2) is 9.93. The molecule has 13 heteroatoms. The number of nitro groups is 1. The van der Waals surface area contributed by atoms with Gasteiger partial charge in [-0.1, -0.05) is 12.1 Å². The molecule has 0 atom stereocenters. The van der Waals surface area contributed by atoms with Gasteiger partial charge < -0.3 is 14.8 Å². The van der Waals surface area contributed by atoms with Gasteiger partial charge in [0.1, 0.15) is 6.20 Å². The molecule has 33 heavy (non-hydrogen) atoms. The lowest BCUT2D eigenvalue weighted by Crippen LogP contribution is -2.29. The van der Waals surface area contributed by atoms with Crippen LogP contribution in [0.5, 0.6) is 0 Å². The number of fused-ring (bicyclic) bond motifs is 1. The van der Waals surface area contributed by atoms with E-state index in [-0.39, 0.29) is 6.04 Å². The van der Waals surface area contributed by atoms with E-state index in [9.17, 15) is 28.9 Å². The lowest BCUT2D eigenvalue weighted by Gasteiger charge is -2.28. The van der Waals surface area contributed by atoms with Gasteiger partial charge in [0, 0.05) is 18.2 Å². The fraction of sp³-hybridized carbons (Fsp3) is 0.500. The van der Waals surface area contributed by atoms with E-state index < -0.39 is 29.8 Å². The summed E-state index contributed by atoms with van der Waals surface area (Å²) in [6, 6.07) is 4.90. The number of ether oxygens (including phenoxy) is 1. The summed E-state index contributed by atoms with van der Waals surface area (Å²) in [5, 5.41) is 38.6. The van der Waals surface area contributed by atoms with Crippen molar-refractivity contribution in [3.8, 4) is 0 Å². The molecule has 1 fully saturated rings. The Balaban J connectivity index is 1.23. The van der Waals surface area contributed by atoms with Gasteiger partial charge in [0.25, 0.3) is 6.43 Å². The van der Waals surface area contributed by atoms with E-state index in [4.69, 9.17) is 4.74 Å². The Morgan fingerprint density at radius 1 is 1.21 bits per heavy atom. The van der Waals surface area contributed by atoms with E-state index in [0.717, 1.165) is 29.9 Å². The smallest absolute Gasteiger partial charge is 0.423 e. The van der Waals surface area contributed by atoms with Crippen molar-refractivity contribution >= 4 is 29.2 Å². The monoisotopic (exact) mass is 463 g/mol. The Bertz CT molecular complexity index is 1110. The van der Waals surface area contributed by atoms with Crippen LogP contribution in [0.25, 0.3) is 10.9 Å². The first-order chi connectivity index (χ1) is 15.8. The average molecular weight is 463 g/mol.